The lowest BCUT2D eigenvalue weighted by Crippen LogP contribution is -2.22. The van der Waals surface area contributed by atoms with E-state index in [1.165, 1.54) is 11.3 Å². The van der Waals surface area contributed by atoms with Crippen LogP contribution < -0.4 is 10.1 Å². The van der Waals surface area contributed by atoms with Gasteiger partial charge in [-0.15, -0.1) is 0 Å². The Morgan fingerprint density at radius 2 is 1.92 bits per heavy atom. The van der Waals surface area contributed by atoms with Crippen molar-refractivity contribution in [2.45, 2.75) is 0 Å². The SMILES string of the molecule is O=c1c(=Cc2cc(Br)c(O)c(Br)c2O)sc2nc3ccccc3n12. The molecule has 0 spiro atoms. The fraction of sp³-hybridized carbons (Fsp3) is 0. The standard InChI is InChI=1S/C16H8Br2N2O3S/c17-8-5-7(13(21)12(18)14(8)22)6-11-15(23)20-10-4-2-1-3-9(10)19-16(20)24-11/h1-6,21-22H. The third-order valence-electron chi connectivity index (χ3n) is 3.63. The van der Waals surface area contributed by atoms with Crippen molar-refractivity contribution in [2.75, 3.05) is 0 Å². The number of phenols is 2. The van der Waals surface area contributed by atoms with Gasteiger partial charge in [-0.3, -0.25) is 4.79 Å². The maximum Gasteiger partial charge on any atom is 0.274 e. The van der Waals surface area contributed by atoms with E-state index in [0.717, 1.165) is 11.0 Å². The van der Waals surface area contributed by atoms with E-state index in [1.54, 1.807) is 16.5 Å². The molecule has 0 aliphatic heterocycles. The molecule has 0 saturated carbocycles. The fourth-order valence-electron chi connectivity index (χ4n) is 2.48. The molecular weight excluding hydrogens is 460 g/mol. The molecular formula is C16H8Br2N2O3S. The highest BCUT2D eigenvalue weighted by atomic mass is 79.9. The number of nitrogens with zero attached hydrogens (tertiary/aromatic N) is 2. The molecule has 2 heterocycles. The lowest BCUT2D eigenvalue weighted by molar-refractivity contribution is 0.441. The summed E-state index contributed by atoms with van der Waals surface area (Å²) >= 11 is 7.60. The van der Waals surface area contributed by atoms with Gasteiger partial charge in [-0.1, -0.05) is 23.5 Å². The van der Waals surface area contributed by atoms with Crippen LogP contribution >= 0.6 is 43.2 Å². The molecule has 0 saturated heterocycles. The number of aromatic nitrogens is 2. The zero-order valence-electron chi connectivity index (χ0n) is 11.8. The molecule has 2 aromatic carbocycles. The number of thiazole rings is 1. The van der Waals surface area contributed by atoms with Crippen molar-refractivity contribution < 1.29 is 10.2 Å². The summed E-state index contributed by atoms with van der Waals surface area (Å²) in [4.78, 5) is 17.8. The van der Waals surface area contributed by atoms with Gasteiger partial charge in [-0.25, -0.2) is 9.38 Å². The number of halogens is 2. The van der Waals surface area contributed by atoms with Crippen molar-refractivity contribution in [1.29, 1.82) is 0 Å². The second kappa shape index (κ2) is 5.58. The van der Waals surface area contributed by atoms with Crippen LogP contribution in [0.2, 0.25) is 0 Å². The molecule has 2 aromatic heterocycles. The minimum absolute atomic E-state index is 0.0982. The summed E-state index contributed by atoms with van der Waals surface area (Å²) < 4.78 is 2.59. The van der Waals surface area contributed by atoms with Gasteiger partial charge >= 0.3 is 0 Å². The van der Waals surface area contributed by atoms with Crippen LogP contribution in [0.1, 0.15) is 5.56 Å². The summed E-state index contributed by atoms with van der Waals surface area (Å²) in [5.74, 6) is -0.232. The monoisotopic (exact) mass is 466 g/mol. The van der Waals surface area contributed by atoms with Gasteiger partial charge in [-0.05, 0) is 56.1 Å². The molecule has 2 N–H and O–H groups in total. The number of fused-ring (bicyclic) bond motifs is 3. The van der Waals surface area contributed by atoms with Crippen molar-refractivity contribution in [3.8, 4) is 11.5 Å². The largest absolute Gasteiger partial charge is 0.506 e. The van der Waals surface area contributed by atoms with E-state index in [2.05, 4.69) is 36.8 Å². The number of para-hydroxylation sites is 2. The average Bonchev–Trinajstić information content (AvgIpc) is 3.07. The second-order valence-corrected chi connectivity index (χ2v) is 7.75. The van der Waals surface area contributed by atoms with Crippen molar-refractivity contribution in [3.05, 3.63) is 59.7 Å². The minimum Gasteiger partial charge on any atom is -0.506 e. The second-order valence-electron chi connectivity index (χ2n) is 5.09. The first-order valence-corrected chi connectivity index (χ1v) is 9.19. The molecule has 0 radical (unpaired) electrons. The first-order chi connectivity index (χ1) is 11.5. The number of imidazole rings is 1. The highest BCUT2D eigenvalue weighted by Crippen LogP contribution is 2.41. The highest BCUT2D eigenvalue weighted by molar-refractivity contribution is 9.11. The van der Waals surface area contributed by atoms with E-state index in [9.17, 15) is 15.0 Å². The van der Waals surface area contributed by atoms with Crippen LogP contribution in [0.25, 0.3) is 22.1 Å². The van der Waals surface area contributed by atoms with Crippen molar-refractivity contribution in [3.63, 3.8) is 0 Å². The Morgan fingerprint density at radius 1 is 1.17 bits per heavy atom. The topological polar surface area (TPSA) is 74.8 Å². The highest BCUT2D eigenvalue weighted by Gasteiger charge is 2.14. The van der Waals surface area contributed by atoms with Crippen LogP contribution in [0.15, 0.2) is 44.1 Å². The van der Waals surface area contributed by atoms with E-state index in [-0.39, 0.29) is 21.5 Å². The third kappa shape index (κ3) is 2.25. The summed E-state index contributed by atoms with van der Waals surface area (Å²) in [6.45, 7) is 0. The fourth-order valence-corrected chi connectivity index (χ4v) is 4.61. The minimum atomic E-state index is -0.191. The maximum absolute atomic E-state index is 12.7. The summed E-state index contributed by atoms with van der Waals surface area (Å²) in [6, 6.07) is 8.99. The summed E-state index contributed by atoms with van der Waals surface area (Å²) in [7, 11) is 0. The van der Waals surface area contributed by atoms with E-state index >= 15 is 0 Å². The number of phenolic OH excluding ortho intramolecular Hbond substituents is 2. The average molecular weight is 468 g/mol. The smallest absolute Gasteiger partial charge is 0.274 e. The van der Waals surface area contributed by atoms with Gasteiger partial charge in [0.25, 0.3) is 5.56 Å². The van der Waals surface area contributed by atoms with Crippen LogP contribution in [0.5, 0.6) is 11.5 Å². The van der Waals surface area contributed by atoms with Crippen LogP contribution in [-0.4, -0.2) is 19.6 Å². The van der Waals surface area contributed by atoms with E-state index in [0.29, 0.717) is 19.5 Å². The van der Waals surface area contributed by atoms with E-state index in [1.807, 2.05) is 24.3 Å². The molecule has 5 nitrogen and oxygen atoms in total. The Labute approximate surface area is 155 Å². The predicted molar refractivity (Wildman–Crippen MR) is 101 cm³/mol. The molecule has 0 fully saturated rings. The van der Waals surface area contributed by atoms with Crippen molar-refractivity contribution in [2.24, 2.45) is 0 Å². The van der Waals surface area contributed by atoms with Crippen LogP contribution in [-0.2, 0) is 0 Å². The third-order valence-corrected chi connectivity index (χ3v) is 5.95. The number of aromatic hydroxyl groups is 2. The lowest BCUT2D eigenvalue weighted by atomic mass is 10.2. The van der Waals surface area contributed by atoms with Gasteiger partial charge in [0, 0.05) is 5.56 Å². The molecule has 24 heavy (non-hydrogen) atoms. The maximum atomic E-state index is 12.7. The lowest BCUT2D eigenvalue weighted by Gasteiger charge is -2.06. The molecule has 0 aliphatic rings. The number of hydrogen-bond donors (Lipinski definition) is 2. The van der Waals surface area contributed by atoms with Gasteiger partial charge in [0.15, 0.2) is 4.96 Å². The van der Waals surface area contributed by atoms with E-state index in [4.69, 9.17) is 0 Å². The van der Waals surface area contributed by atoms with Crippen LogP contribution in [0.4, 0.5) is 0 Å². The van der Waals surface area contributed by atoms with Gasteiger partial charge in [0.2, 0.25) is 0 Å². The molecule has 4 aromatic rings. The van der Waals surface area contributed by atoms with E-state index < -0.39 is 0 Å². The Balaban J connectivity index is 2.03. The first-order valence-electron chi connectivity index (χ1n) is 6.79. The molecule has 0 bridgehead atoms. The Hall–Kier alpha value is -1.90. The molecule has 0 aliphatic carbocycles. The van der Waals surface area contributed by atoms with Gasteiger partial charge in [-0.2, -0.15) is 0 Å². The Kier molecular flexibility index (Phi) is 3.63. The quantitative estimate of drug-likeness (QED) is 0.450. The molecule has 0 unspecified atom stereocenters. The van der Waals surface area contributed by atoms with Crippen LogP contribution in [0, 0.1) is 0 Å². The summed E-state index contributed by atoms with van der Waals surface area (Å²) in [6.07, 6.45) is 1.58. The predicted octanol–water partition coefficient (Wildman–Crippen LogP) is 3.39. The summed E-state index contributed by atoms with van der Waals surface area (Å²) in [5, 5.41) is 20.0. The van der Waals surface area contributed by atoms with Crippen LogP contribution in [0.3, 0.4) is 0 Å². The van der Waals surface area contributed by atoms with Gasteiger partial charge in [0.05, 0.1) is 20.0 Å². The first kappa shape index (κ1) is 15.6. The molecule has 0 amide bonds. The summed E-state index contributed by atoms with van der Waals surface area (Å²) in [5.41, 5.74) is 1.75. The zero-order chi connectivity index (χ0) is 17.0. The Bertz CT molecular complexity index is 1230. The normalized spacial score (nSPS) is 12.5. The van der Waals surface area contributed by atoms with Gasteiger partial charge in [0.1, 0.15) is 16.0 Å². The van der Waals surface area contributed by atoms with Gasteiger partial charge < -0.3 is 10.2 Å². The van der Waals surface area contributed by atoms with Crippen molar-refractivity contribution >= 4 is 65.3 Å². The molecule has 8 heteroatoms. The van der Waals surface area contributed by atoms with Crippen molar-refractivity contribution in [1.82, 2.24) is 9.38 Å². The molecule has 120 valence electrons. The number of benzene rings is 2. The Morgan fingerprint density at radius 3 is 2.71 bits per heavy atom. The zero-order valence-corrected chi connectivity index (χ0v) is 15.8. The molecule has 0 atom stereocenters. The number of rotatable bonds is 1. The number of hydrogen-bond acceptors (Lipinski definition) is 5. The molecule has 4 rings (SSSR count).